The van der Waals surface area contributed by atoms with Gasteiger partial charge in [-0.2, -0.15) is 6.07 Å². The summed E-state index contributed by atoms with van der Waals surface area (Å²) in [7, 11) is -1.34. The number of nitrogens with zero attached hydrogens (tertiary/aromatic N) is 3. The molecule has 0 bridgehead atoms. The Labute approximate surface area is 286 Å². The molecule has 6 heteroatoms. The normalized spacial score (nSPS) is 11.3. The van der Waals surface area contributed by atoms with Crippen molar-refractivity contribution in [2.24, 2.45) is 0 Å². The minimum Gasteiger partial charge on any atom is -0.513 e. The Balaban J connectivity index is 0.000000187. The topological polar surface area (TPSA) is 51.8 Å². The third-order valence-corrected chi connectivity index (χ3v) is 9.96. The second-order valence-electron chi connectivity index (χ2n) is 12.7. The van der Waals surface area contributed by atoms with Gasteiger partial charge in [-0.15, -0.1) is 41.5 Å². The van der Waals surface area contributed by atoms with Gasteiger partial charge in [-0.1, -0.05) is 99.2 Å². The Morgan fingerprint density at radius 1 is 0.783 bits per heavy atom. The molecule has 0 aliphatic heterocycles. The van der Waals surface area contributed by atoms with Gasteiger partial charge in [-0.25, -0.2) is 0 Å². The fraction of sp³-hybridized carbons (Fsp3) is 0.175. The van der Waals surface area contributed by atoms with Crippen molar-refractivity contribution >= 4 is 35.3 Å². The minimum absolute atomic E-state index is 0. The average Bonchev–Trinajstić information content (AvgIpc) is 3.44. The van der Waals surface area contributed by atoms with Crippen LogP contribution >= 0.6 is 0 Å². The summed E-state index contributed by atoms with van der Waals surface area (Å²) in [5, 5.41) is 2.50. The third kappa shape index (κ3) is 6.95. The number of rotatable bonds is 5. The van der Waals surface area contributed by atoms with Crippen LogP contribution in [0.1, 0.15) is 30.9 Å². The number of aromatic nitrogens is 3. The van der Waals surface area contributed by atoms with Crippen LogP contribution in [0, 0.1) is 19.1 Å². The van der Waals surface area contributed by atoms with E-state index >= 15 is 0 Å². The molecule has 0 unspecified atom stereocenters. The predicted molar refractivity (Wildman–Crippen MR) is 189 cm³/mol. The number of aryl methyl sites for hydroxylation is 1. The van der Waals surface area contributed by atoms with Crippen LogP contribution in [0.15, 0.2) is 114 Å². The van der Waals surface area contributed by atoms with Crippen molar-refractivity contribution in [3.05, 3.63) is 133 Å². The molecule has 0 saturated carbocycles. The van der Waals surface area contributed by atoms with Crippen LogP contribution in [0.2, 0.25) is 19.6 Å². The van der Waals surface area contributed by atoms with E-state index < -0.39 is 8.07 Å². The van der Waals surface area contributed by atoms with E-state index in [4.69, 9.17) is 4.42 Å². The van der Waals surface area contributed by atoms with Crippen molar-refractivity contribution in [1.29, 1.82) is 0 Å². The van der Waals surface area contributed by atoms with Crippen LogP contribution in [0.5, 0.6) is 0 Å². The molecular formula is C40H37IrN3OSi-2. The van der Waals surface area contributed by atoms with Crippen LogP contribution in [0.4, 0.5) is 0 Å². The van der Waals surface area contributed by atoms with E-state index in [0.29, 0.717) is 5.92 Å². The van der Waals surface area contributed by atoms with Crippen molar-refractivity contribution in [3.63, 3.8) is 0 Å². The molecule has 7 rings (SSSR count). The standard InChI is InChI=1S/C23H15N2O.C17H22NSi.Ir/c1-15-10-12-24-19(14-15)18-11-13-25-22-21-17(16-6-3-2-4-7-16)8-5-9-20(21)26-23(18)22;1-13(2)15-11-16(14-9-7-6-8-10-14)18-12-17(15)19(3,4)5;/h2-10,12-14H,1H3;6-9,11-13H,1-5H3;/q2*-1;. The molecular weight excluding hydrogens is 759 g/mol. The summed E-state index contributed by atoms with van der Waals surface area (Å²) in [5.74, 6) is 0.534. The molecule has 1 radical (unpaired) electrons. The zero-order chi connectivity index (χ0) is 31.6. The summed E-state index contributed by atoms with van der Waals surface area (Å²) < 4.78 is 6.21. The van der Waals surface area contributed by atoms with E-state index in [1.54, 1.807) is 6.20 Å². The van der Waals surface area contributed by atoms with Crippen LogP contribution in [-0.2, 0) is 20.1 Å². The molecule has 4 aromatic heterocycles. The first kappa shape index (κ1) is 33.1. The molecule has 0 spiro atoms. The Hall–Kier alpha value is -4.22. The summed E-state index contributed by atoms with van der Waals surface area (Å²) in [6.07, 6.45) is 5.61. The van der Waals surface area contributed by atoms with Gasteiger partial charge in [0.1, 0.15) is 5.58 Å². The molecule has 4 heterocycles. The average molecular weight is 796 g/mol. The number of pyridine rings is 3. The van der Waals surface area contributed by atoms with Gasteiger partial charge in [0.15, 0.2) is 0 Å². The van der Waals surface area contributed by atoms with E-state index in [1.165, 1.54) is 10.8 Å². The number of fused-ring (bicyclic) bond motifs is 3. The maximum Gasteiger partial charge on any atom is 0.120 e. The first-order chi connectivity index (χ1) is 21.7. The van der Waals surface area contributed by atoms with Gasteiger partial charge in [-0.05, 0) is 58.9 Å². The maximum absolute atomic E-state index is 6.21. The van der Waals surface area contributed by atoms with Crippen molar-refractivity contribution in [1.82, 2.24) is 15.0 Å². The Morgan fingerprint density at radius 2 is 1.57 bits per heavy atom. The zero-order valence-corrected chi connectivity index (χ0v) is 30.4. The van der Waals surface area contributed by atoms with Crippen molar-refractivity contribution < 1.29 is 24.5 Å². The van der Waals surface area contributed by atoms with Crippen LogP contribution in [0.3, 0.4) is 0 Å². The smallest absolute Gasteiger partial charge is 0.120 e. The predicted octanol–water partition coefficient (Wildman–Crippen LogP) is 10.0. The third-order valence-electron chi connectivity index (χ3n) is 7.93. The molecule has 7 aromatic rings. The largest absolute Gasteiger partial charge is 0.513 e. The van der Waals surface area contributed by atoms with E-state index in [-0.39, 0.29) is 20.1 Å². The molecule has 0 atom stereocenters. The fourth-order valence-corrected chi connectivity index (χ4v) is 7.33. The van der Waals surface area contributed by atoms with Gasteiger partial charge in [0.25, 0.3) is 0 Å². The van der Waals surface area contributed by atoms with Gasteiger partial charge in [0, 0.05) is 37.9 Å². The van der Waals surface area contributed by atoms with Gasteiger partial charge in [0.05, 0.1) is 19.2 Å². The Morgan fingerprint density at radius 3 is 2.26 bits per heavy atom. The number of hydrogen-bond acceptors (Lipinski definition) is 4. The monoisotopic (exact) mass is 796 g/mol. The van der Waals surface area contributed by atoms with Gasteiger partial charge < -0.3 is 14.4 Å². The summed E-state index contributed by atoms with van der Waals surface area (Å²) in [5.41, 5.74) is 11.0. The van der Waals surface area contributed by atoms with Gasteiger partial charge in [-0.3, -0.25) is 4.98 Å². The second kappa shape index (κ2) is 14.0. The molecule has 3 aromatic carbocycles. The summed E-state index contributed by atoms with van der Waals surface area (Å²) in [6, 6.07) is 37.2. The minimum atomic E-state index is -1.34. The van der Waals surface area contributed by atoms with E-state index in [1.807, 2.05) is 66.9 Å². The Bertz CT molecular complexity index is 2080. The first-order valence-electron chi connectivity index (χ1n) is 15.4. The van der Waals surface area contributed by atoms with Crippen LogP contribution in [-0.4, -0.2) is 23.0 Å². The number of benzene rings is 3. The van der Waals surface area contributed by atoms with Crippen molar-refractivity contribution in [2.75, 3.05) is 0 Å². The molecule has 0 aliphatic rings. The summed E-state index contributed by atoms with van der Waals surface area (Å²) in [4.78, 5) is 13.7. The number of hydrogen-bond donors (Lipinski definition) is 0. The quantitative estimate of drug-likeness (QED) is 0.129. The molecule has 0 fully saturated rings. The van der Waals surface area contributed by atoms with Gasteiger partial charge >= 0.3 is 0 Å². The zero-order valence-electron chi connectivity index (χ0n) is 27.1. The van der Waals surface area contributed by atoms with Gasteiger partial charge in [0.2, 0.25) is 0 Å². The fourth-order valence-electron chi connectivity index (χ4n) is 5.65. The molecule has 0 saturated heterocycles. The molecule has 0 N–H and O–H groups in total. The SMILES string of the molecule is CC(C)c1cc(-c2[c-]cccc2)ncc1[Si](C)(C)C.Cc1ccnc(-c2[c-]cnc3c2oc2cccc(-c4ccccc4)c23)c1.[Ir]. The summed E-state index contributed by atoms with van der Waals surface area (Å²) in [6.45, 7) is 13.7. The van der Waals surface area contributed by atoms with Crippen molar-refractivity contribution in [3.8, 4) is 33.6 Å². The molecule has 233 valence electrons. The Kier molecular flexibility index (Phi) is 10.1. The molecule has 0 aliphatic carbocycles. The number of furan rings is 1. The first-order valence-corrected chi connectivity index (χ1v) is 18.9. The summed E-state index contributed by atoms with van der Waals surface area (Å²) >= 11 is 0. The van der Waals surface area contributed by atoms with E-state index in [9.17, 15) is 0 Å². The molecule has 4 nitrogen and oxygen atoms in total. The van der Waals surface area contributed by atoms with Crippen molar-refractivity contribution in [2.45, 2.75) is 46.3 Å². The van der Waals surface area contributed by atoms with Crippen LogP contribution in [0.25, 0.3) is 55.7 Å². The van der Waals surface area contributed by atoms with E-state index in [2.05, 4.69) is 104 Å². The molecule has 0 amide bonds. The van der Waals surface area contributed by atoms with E-state index in [0.717, 1.165) is 61.3 Å². The maximum atomic E-state index is 6.21. The second-order valence-corrected chi connectivity index (χ2v) is 17.7. The molecule has 46 heavy (non-hydrogen) atoms. The van der Waals surface area contributed by atoms with Crippen LogP contribution < -0.4 is 5.19 Å².